The van der Waals surface area contributed by atoms with Crippen molar-refractivity contribution in [1.82, 2.24) is 24.8 Å². The SMILES string of the molecule is CC(Oc1ccccc1)C(=O)N1CC(n2cc(C(=O)N(C)C)nn2)C1. The van der Waals surface area contributed by atoms with Crippen molar-refractivity contribution in [2.75, 3.05) is 27.2 Å². The zero-order chi connectivity index (χ0) is 18.0. The Morgan fingerprint density at radius 1 is 1.24 bits per heavy atom. The van der Waals surface area contributed by atoms with E-state index in [4.69, 9.17) is 4.74 Å². The van der Waals surface area contributed by atoms with Crippen LogP contribution in [0.5, 0.6) is 5.75 Å². The molecule has 8 heteroatoms. The smallest absolute Gasteiger partial charge is 0.275 e. The van der Waals surface area contributed by atoms with Crippen molar-refractivity contribution in [2.24, 2.45) is 0 Å². The predicted octanol–water partition coefficient (Wildman–Crippen LogP) is 0.831. The van der Waals surface area contributed by atoms with Gasteiger partial charge in [0, 0.05) is 27.2 Å². The average Bonchev–Trinajstić information content (AvgIpc) is 3.02. The van der Waals surface area contributed by atoms with E-state index in [1.54, 1.807) is 36.8 Å². The van der Waals surface area contributed by atoms with Gasteiger partial charge in [0.25, 0.3) is 11.8 Å². The van der Waals surface area contributed by atoms with Crippen molar-refractivity contribution in [1.29, 1.82) is 0 Å². The highest BCUT2D eigenvalue weighted by Crippen LogP contribution is 2.22. The maximum atomic E-state index is 12.4. The lowest BCUT2D eigenvalue weighted by molar-refractivity contribution is -0.144. The topological polar surface area (TPSA) is 80.6 Å². The molecule has 2 heterocycles. The molecule has 3 rings (SSSR count). The van der Waals surface area contributed by atoms with Crippen LogP contribution in [0.1, 0.15) is 23.5 Å². The van der Waals surface area contributed by atoms with Gasteiger partial charge < -0.3 is 14.5 Å². The molecule has 1 atom stereocenters. The van der Waals surface area contributed by atoms with Gasteiger partial charge in [0.05, 0.1) is 12.2 Å². The number of carbonyl (C=O) groups is 2. The molecule has 0 spiro atoms. The molecule has 8 nitrogen and oxygen atoms in total. The summed E-state index contributed by atoms with van der Waals surface area (Å²) in [6.45, 7) is 2.80. The summed E-state index contributed by atoms with van der Waals surface area (Å²) in [7, 11) is 3.33. The average molecular weight is 343 g/mol. The first kappa shape index (κ1) is 16.9. The zero-order valence-corrected chi connectivity index (χ0v) is 14.5. The third-order valence-corrected chi connectivity index (χ3v) is 4.09. The van der Waals surface area contributed by atoms with Gasteiger partial charge in [-0.1, -0.05) is 23.4 Å². The predicted molar refractivity (Wildman–Crippen MR) is 90.2 cm³/mol. The molecule has 0 N–H and O–H groups in total. The highest BCUT2D eigenvalue weighted by molar-refractivity contribution is 5.91. The molecule has 0 saturated carbocycles. The lowest BCUT2D eigenvalue weighted by atomic mass is 10.1. The normalized spacial score (nSPS) is 15.4. The van der Waals surface area contributed by atoms with E-state index in [1.807, 2.05) is 30.3 Å². The van der Waals surface area contributed by atoms with Gasteiger partial charge in [0.15, 0.2) is 11.8 Å². The number of rotatable bonds is 5. The molecule has 2 aromatic rings. The highest BCUT2D eigenvalue weighted by atomic mass is 16.5. The number of hydrogen-bond acceptors (Lipinski definition) is 5. The molecule has 25 heavy (non-hydrogen) atoms. The number of ether oxygens (including phenoxy) is 1. The molecule has 1 aromatic carbocycles. The minimum absolute atomic E-state index is 0.0316. The number of nitrogens with zero attached hydrogens (tertiary/aromatic N) is 5. The Balaban J connectivity index is 1.53. The van der Waals surface area contributed by atoms with Crippen LogP contribution in [0.2, 0.25) is 0 Å². The first-order valence-corrected chi connectivity index (χ1v) is 8.09. The van der Waals surface area contributed by atoms with E-state index in [9.17, 15) is 9.59 Å². The third kappa shape index (κ3) is 3.62. The molecule has 1 aromatic heterocycles. The second-order valence-electron chi connectivity index (χ2n) is 6.25. The Hall–Kier alpha value is -2.90. The third-order valence-electron chi connectivity index (χ3n) is 4.09. The van der Waals surface area contributed by atoms with E-state index in [0.29, 0.717) is 24.5 Å². The quantitative estimate of drug-likeness (QED) is 0.803. The molecule has 1 aliphatic rings. The molecule has 2 amide bonds. The van der Waals surface area contributed by atoms with Crippen LogP contribution in [-0.2, 0) is 4.79 Å². The highest BCUT2D eigenvalue weighted by Gasteiger charge is 2.35. The minimum atomic E-state index is -0.551. The summed E-state index contributed by atoms with van der Waals surface area (Å²) in [4.78, 5) is 27.4. The fourth-order valence-corrected chi connectivity index (χ4v) is 2.60. The molecular weight excluding hydrogens is 322 g/mol. The van der Waals surface area contributed by atoms with Gasteiger partial charge in [-0.05, 0) is 19.1 Å². The maximum absolute atomic E-state index is 12.4. The number of hydrogen-bond donors (Lipinski definition) is 0. The summed E-state index contributed by atoms with van der Waals surface area (Å²) in [5.41, 5.74) is 0.301. The Morgan fingerprint density at radius 2 is 1.92 bits per heavy atom. The second-order valence-corrected chi connectivity index (χ2v) is 6.25. The van der Waals surface area contributed by atoms with E-state index in [-0.39, 0.29) is 17.9 Å². The number of aromatic nitrogens is 3. The summed E-state index contributed by atoms with van der Waals surface area (Å²) in [6, 6.07) is 9.30. The van der Waals surface area contributed by atoms with Gasteiger partial charge in [0.1, 0.15) is 5.75 Å². The van der Waals surface area contributed by atoms with Crippen molar-refractivity contribution >= 4 is 11.8 Å². The Morgan fingerprint density at radius 3 is 2.56 bits per heavy atom. The molecule has 1 aliphatic heterocycles. The van der Waals surface area contributed by atoms with Crippen LogP contribution in [0.15, 0.2) is 36.5 Å². The summed E-state index contributed by atoms with van der Waals surface area (Å²) in [6.07, 6.45) is 1.07. The van der Waals surface area contributed by atoms with Gasteiger partial charge in [-0.3, -0.25) is 9.59 Å². The molecular formula is C17H21N5O3. The van der Waals surface area contributed by atoms with Crippen molar-refractivity contribution in [3.05, 3.63) is 42.2 Å². The van der Waals surface area contributed by atoms with Crippen LogP contribution in [0.25, 0.3) is 0 Å². The molecule has 0 aliphatic carbocycles. The maximum Gasteiger partial charge on any atom is 0.275 e. The van der Waals surface area contributed by atoms with Crippen LogP contribution < -0.4 is 4.74 Å². The van der Waals surface area contributed by atoms with Crippen molar-refractivity contribution in [3.8, 4) is 5.75 Å². The molecule has 132 valence electrons. The van der Waals surface area contributed by atoms with Crippen molar-refractivity contribution < 1.29 is 14.3 Å². The number of likely N-dealkylation sites (tertiary alicyclic amines) is 1. The van der Waals surface area contributed by atoms with E-state index in [1.165, 1.54) is 4.90 Å². The number of amides is 2. The van der Waals surface area contributed by atoms with Gasteiger partial charge in [0.2, 0.25) is 0 Å². The molecule has 0 radical (unpaired) electrons. The van der Waals surface area contributed by atoms with Crippen LogP contribution in [0.4, 0.5) is 0 Å². The summed E-state index contributed by atoms with van der Waals surface area (Å²) in [5.74, 6) is 0.414. The van der Waals surface area contributed by atoms with Crippen LogP contribution in [0, 0.1) is 0 Å². The largest absolute Gasteiger partial charge is 0.481 e. The van der Waals surface area contributed by atoms with Gasteiger partial charge >= 0.3 is 0 Å². The van der Waals surface area contributed by atoms with E-state index in [2.05, 4.69) is 10.3 Å². The van der Waals surface area contributed by atoms with Gasteiger partial charge in [-0.25, -0.2) is 4.68 Å². The Bertz CT molecular complexity index is 753. The van der Waals surface area contributed by atoms with Crippen molar-refractivity contribution in [2.45, 2.75) is 19.1 Å². The first-order valence-electron chi connectivity index (χ1n) is 8.09. The zero-order valence-electron chi connectivity index (χ0n) is 14.5. The molecule has 1 unspecified atom stereocenters. The fourth-order valence-electron chi connectivity index (χ4n) is 2.60. The van der Waals surface area contributed by atoms with Crippen molar-refractivity contribution in [3.63, 3.8) is 0 Å². The summed E-state index contributed by atoms with van der Waals surface area (Å²) >= 11 is 0. The summed E-state index contributed by atoms with van der Waals surface area (Å²) in [5, 5.41) is 7.89. The second kappa shape index (κ2) is 6.92. The lowest BCUT2D eigenvalue weighted by Crippen LogP contribution is -2.54. The van der Waals surface area contributed by atoms with Gasteiger partial charge in [-0.2, -0.15) is 0 Å². The standard InChI is InChI=1S/C17H21N5O3/c1-12(25-14-7-5-4-6-8-14)16(23)21-9-13(10-21)22-11-15(18-19-22)17(24)20(2)3/h4-8,11-13H,9-10H2,1-3H3. The monoisotopic (exact) mass is 343 g/mol. The molecule has 1 saturated heterocycles. The number of carbonyl (C=O) groups excluding carboxylic acids is 2. The molecule has 1 fully saturated rings. The number of benzene rings is 1. The van der Waals surface area contributed by atoms with E-state index < -0.39 is 6.10 Å². The Labute approximate surface area is 146 Å². The van der Waals surface area contributed by atoms with Crippen LogP contribution in [-0.4, -0.2) is 69.9 Å². The fraction of sp³-hybridized carbons (Fsp3) is 0.412. The first-order chi connectivity index (χ1) is 12.0. The lowest BCUT2D eigenvalue weighted by Gasteiger charge is -2.40. The minimum Gasteiger partial charge on any atom is -0.481 e. The summed E-state index contributed by atoms with van der Waals surface area (Å²) < 4.78 is 7.30. The van der Waals surface area contributed by atoms with Gasteiger partial charge in [-0.15, -0.1) is 5.10 Å². The molecule has 0 bridgehead atoms. The van der Waals surface area contributed by atoms with Crippen LogP contribution >= 0.6 is 0 Å². The van der Waals surface area contributed by atoms with Crippen LogP contribution in [0.3, 0.4) is 0 Å². The van der Waals surface area contributed by atoms with E-state index in [0.717, 1.165) is 0 Å². The number of para-hydroxylation sites is 1. The Kier molecular flexibility index (Phi) is 4.69. The van der Waals surface area contributed by atoms with E-state index >= 15 is 0 Å².